The average molecular weight is 653 g/mol. The first kappa shape index (κ1) is 34.4. The second kappa shape index (κ2) is 14.3. The molecule has 2 aromatic heterocycles. The number of carboxylic acids is 2. The predicted molar refractivity (Wildman–Crippen MR) is 175 cm³/mol. The number of H-pyrrole nitrogens is 2. The van der Waals surface area contributed by atoms with Gasteiger partial charge in [0.05, 0.1) is 18.0 Å². The summed E-state index contributed by atoms with van der Waals surface area (Å²) in [4.78, 5) is 54.7. The van der Waals surface area contributed by atoms with Crippen LogP contribution < -0.4 is 21.2 Å². The summed E-state index contributed by atoms with van der Waals surface area (Å²) < 4.78 is 0. The van der Waals surface area contributed by atoms with Gasteiger partial charge in [-0.05, 0) is 66.9 Å². The third kappa shape index (κ3) is 7.00. The van der Waals surface area contributed by atoms with Crippen LogP contribution in [0.3, 0.4) is 0 Å². The second-order valence-electron chi connectivity index (χ2n) is 11.7. The van der Waals surface area contributed by atoms with E-state index in [1.807, 2.05) is 19.9 Å². The summed E-state index contributed by atoms with van der Waals surface area (Å²) in [6.07, 6.45) is 5.24. The molecule has 0 bridgehead atoms. The van der Waals surface area contributed by atoms with Crippen molar-refractivity contribution in [2.75, 3.05) is 12.4 Å². The van der Waals surface area contributed by atoms with Crippen molar-refractivity contribution >= 4 is 54.3 Å². The van der Waals surface area contributed by atoms with E-state index in [0.717, 1.165) is 11.3 Å². The minimum absolute atomic E-state index is 0.0547. The largest absolute Gasteiger partial charge is 0.511 e. The van der Waals surface area contributed by atoms with Crippen molar-refractivity contribution in [3.05, 3.63) is 73.8 Å². The molecule has 1 saturated heterocycles. The molecule has 1 fully saturated rings. The number of aromatic amines is 2. The van der Waals surface area contributed by atoms with Gasteiger partial charge in [0.2, 0.25) is 5.91 Å². The SMILES string of the molecule is C=CC1=C(CO)[C@@H](Cc2[nH]c(=C\c3[nH]c(/C=C4\NC(=O)[C@H](C)[C@H]4CCS)c(C)c3CCC(=O)O)/c(=C(/O)CC(=O)O)c2C)NC1=O. The Morgan fingerprint density at radius 3 is 2.35 bits per heavy atom. The van der Waals surface area contributed by atoms with Gasteiger partial charge in [-0.3, -0.25) is 19.2 Å². The first-order valence-corrected chi connectivity index (χ1v) is 15.6. The zero-order valence-corrected chi connectivity index (χ0v) is 26.9. The normalized spacial score (nSPS) is 21.6. The number of hydrogen-bond acceptors (Lipinski definition) is 7. The molecule has 13 heteroatoms. The van der Waals surface area contributed by atoms with E-state index in [1.54, 1.807) is 13.0 Å². The monoisotopic (exact) mass is 652 g/mol. The van der Waals surface area contributed by atoms with Crippen LogP contribution in [0.25, 0.3) is 17.9 Å². The summed E-state index contributed by atoms with van der Waals surface area (Å²) in [7, 11) is 0. The van der Waals surface area contributed by atoms with E-state index >= 15 is 0 Å². The van der Waals surface area contributed by atoms with Crippen molar-refractivity contribution < 1.29 is 39.6 Å². The molecule has 2 aromatic rings. The van der Waals surface area contributed by atoms with Gasteiger partial charge in [-0.1, -0.05) is 19.6 Å². The summed E-state index contributed by atoms with van der Waals surface area (Å²) in [5, 5.41) is 46.3. The molecular formula is C33H40N4O8S. The van der Waals surface area contributed by atoms with E-state index in [0.29, 0.717) is 56.9 Å². The summed E-state index contributed by atoms with van der Waals surface area (Å²) >= 11 is 4.36. The number of aliphatic hydroxyl groups excluding tert-OH is 2. The molecule has 0 unspecified atom stereocenters. The van der Waals surface area contributed by atoms with Crippen molar-refractivity contribution in [2.45, 2.75) is 58.9 Å². The lowest BCUT2D eigenvalue weighted by atomic mass is 9.91. The molecule has 0 aromatic carbocycles. The molecule has 8 N–H and O–H groups in total. The van der Waals surface area contributed by atoms with Gasteiger partial charge in [0.25, 0.3) is 5.91 Å². The molecule has 0 saturated carbocycles. The molecule has 2 aliphatic rings. The highest BCUT2D eigenvalue weighted by atomic mass is 32.1. The van der Waals surface area contributed by atoms with Crippen molar-refractivity contribution in [3.8, 4) is 0 Å². The number of aromatic nitrogens is 2. The lowest BCUT2D eigenvalue weighted by Crippen LogP contribution is -2.32. The van der Waals surface area contributed by atoms with Crippen LogP contribution in [0.4, 0.5) is 0 Å². The molecule has 3 atom stereocenters. The lowest BCUT2D eigenvalue weighted by molar-refractivity contribution is -0.137. The number of nitrogens with one attached hydrogen (secondary N) is 4. The Morgan fingerprint density at radius 1 is 1.02 bits per heavy atom. The van der Waals surface area contributed by atoms with Crippen molar-refractivity contribution in [1.29, 1.82) is 0 Å². The van der Waals surface area contributed by atoms with Crippen LogP contribution in [0.5, 0.6) is 0 Å². The molecule has 2 amide bonds. The minimum Gasteiger partial charge on any atom is -0.511 e. The van der Waals surface area contributed by atoms with Crippen LogP contribution in [0, 0.1) is 25.7 Å². The number of aliphatic carboxylic acids is 2. The maximum absolute atomic E-state index is 12.5. The molecule has 246 valence electrons. The van der Waals surface area contributed by atoms with Gasteiger partial charge < -0.3 is 41.0 Å². The Hall–Kier alpha value is -4.49. The lowest BCUT2D eigenvalue weighted by Gasteiger charge is -2.13. The summed E-state index contributed by atoms with van der Waals surface area (Å²) in [6.45, 7) is 8.73. The standard InChI is InChI=1S/C33H40N4O8S/c1-5-18-21(14-38)26(37-33(18)45)11-23-17(4)31(28(39)13-30(42)43)27(35-23)12-24-19(6-7-29(40)41)15(2)22(34-24)10-25-20(8-9-46)16(3)32(44)36-25/h5,10,12,16,20,26,34-35,38-39,46H,1,6-9,11,13-14H2,2-4H3,(H,36,44)(H,37,45)(H,40,41)(H,42,43)/b25-10-,27-12-,31-28+/t16-,20-,26-/m1/s1. The van der Waals surface area contributed by atoms with Crippen LogP contribution in [0.15, 0.2) is 29.5 Å². The van der Waals surface area contributed by atoms with Crippen molar-refractivity contribution in [2.24, 2.45) is 11.8 Å². The van der Waals surface area contributed by atoms with Crippen LogP contribution in [-0.2, 0) is 32.0 Å². The maximum atomic E-state index is 12.5. The van der Waals surface area contributed by atoms with E-state index in [9.17, 15) is 39.6 Å². The zero-order valence-electron chi connectivity index (χ0n) is 26.0. The summed E-state index contributed by atoms with van der Waals surface area (Å²) in [6, 6.07) is -0.559. The third-order valence-electron chi connectivity index (χ3n) is 8.84. The second-order valence-corrected chi connectivity index (χ2v) is 12.1. The van der Waals surface area contributed by atoms with Crippen LogP contribution >= 0.6 is 12.6 Å². The van der Waals surface area contributed by atoms with E-state index in [4.69, 9.17) is 0 Å². The summed E-state index contributed by atoms with van der Waals surface area (Å²) in [5.41, 5.74) is 5.36. The van der Waals surface area contributed by atoms with E-state index in [2.05, 4.69) is 39.8 Å². The van der Waals surface area contributed by atoms with Gasteiger partial charge in [-0.2, -0.15) is 12.6 Å². The number of carboxylic acid groups (broad SMARTS) is 2. The number of rotatable bonds is 13. The first-order chi connectivity index (χ1) is 21.8. The first-order valence-electron chi connectivity index (χ1n) is 15.0. The minimum atomic E-state index is -1.23. The number of aliphatic hydroxyl groups is 2. The van der Waals surface area contributed by atoms with Crippen molar-refractivity contribution in [1.82, 2.24) is 20.6 Å². The average Bonchev–Trinajstić information content (AvgIpc) is 3.65. The Kier molecular flexibility index (Phi) is 10.7. The number of amides is 2. The number of thiol groups is 1. The molecular weight excluding hydrogens is 612 g/mol. The topological polar surface area (TPSA) is 205 Å². The maximum Gasteiger partial charge on any atom is 0.311 e. The Labute approximate surface area is 271 Å². The highest BCUT2D eigenvalue weighted by Crippen LogP contribution is 2.32. The number of carbonyl (C=O) groups is 4. The van der Waals surface area contributed by atoms with Crippen LogP contribution in [0.1, 0.15) is 60.0 Å². The zero-order chi connectivity index (χ0) is 33.9. The third-order valence-corrected chi connectivity index (χ3v) is 9.10. The Bertz CT molecular complexity index is 1780. The smallest absolute Gasteiger partial charge is 0.311 e. The number of hydrogen-bond donors (Lipinski definition) is 9. The predicted octanol–water partition coefficient (Wildman–Crippen LogP) is 1.51. The van der Waals surface area contributed by atoms with Gasteiger partial charge >= 0.3 is 11.9 Å². The van der Waals surface area contributed by atoms with Gasteiger partial charge in [0.1, 0.15) is 12.2 Å². The highest BCUT2D eigenvalue weighted by Gasteiger charge is 2.35. The molecule has 4 rings (SSSR count). The summed E-state index contributed by atoms with van der Waals surface area (Å²) in [5.74, 6) is -2.72. The van der Waals surface area contributed by atoms with Gasteiger partial charge in [0, 0.05) is 58.2 Å². The van der Waals surface area contributed by atoms with Crippen LogP contribution in [-0.4, -0.2) is 72.5 Å². The molecule has 0 radical (unpaired) electrons. The fourth-order valence-corrected chi connectivity index (χ4v) is 6.61. The molecule has 0 aliphatic carbocycles. The van der Waals surface area contributed by atoms with Gasteiger partial charge in [-0.25, -0.2) is 0 Å². The fraction of sp³-hybridized carbons (Fsp3) is 0.394. The van der Waals surface area contributed by atoms with E-state index < -0.39 is 24.4 Å². The van der Waals surface area contributed by atoms with E-state index in [1.165, 1.54) is 6.08 Å². The quantitative estimate of drug-likeness (QED) is 0.145. The highest BCUT2D eigenvalue weighted by molar-refractivity contribution is 7.80. The molecule has 12 nitrogen and oxygen atoms in total. The Morgan fingerprint density at radius 2 is 1.74 bits per heavy atom. The Balaban J connectivity index is 1.90. The number of carbonyl (C=O) groups excluding carboxylic acids is 2. The fourth-order valence-electron chi connectivity index (χ4n) is 6.33. The van der Waals surface area contributed by atoms with E-state index in [-0.39, 0.29) is 60.5 Å². The molecule has 0 spiro atoms. The number of allylic oxidation sites excluding steroid dienone is 1. The molecule has 2 aliphatic heterocycles. The van der Waals surface area contributed by atoms with Gasteiger partial charge in [0.15, 0.2) is 0 Å². The molecule has 46 heavy (non-hydrogen) atoms. The van der Waals surface area contributed by atoms with Crippen molar-refractivity contribution in [3.63, 3.8) is 0 Å². The van der Waals surface area contributed by atoms with Gasteiger partial charge in [-0.15, -0.1) is 0 Å². The van der Waals surface area contributed by atoms with Crippen LogP contribution in [0.2, 0.25) is 0 Å². The molecule has 4 heterocycles.